The van der Waals surface area contributed by atoms with E-state index in [2.05, 4.69) is 4.72 Å². The zero-order valence-corrected chi connectivity index (χ0v) is 17.1. The van der Waals surface area contributed by atoms with Gasteiger partial charge in [0, 0.05) is 6.54 Å². The second-order valence-corrected chi connectivity index (χ2v) is 9.14. The van der Waals surface area contributed by atoms with Gasteiger partial charge in [-0.15, -0.1) is 0 Å². The molecule has 2 N–H and O–H groups in total. The summed E-state index contributed by atoms with van der Waals surface area (Å²) in [5.74, 6) is -0.514. The van der Waals surface area contributed by atoms with Gasteiger partial charge in [-0.3, -0.25) is 0 Å². The Morgan fingerprint density at radius 1 is 1.18 bits per heavy atom. The number of carbonyl (C=O) groups is 1. The fourth-order valence-electron chi connectivity index (χ4n) is 3.28. The molecule has 28 heavy (non-hydrogen) atoms. The third-order valence-corrected chi connectivity index (χ3v) is 6.80. The molecule has 0 spiro atoms. The van der Waals surface area contributed by atoms with Crippen LogP contribution in [-0.4, -0.2) is 32.6 Å². The Bertz CT molecular complexity index is 994. The average molecular weight is 444 g/mol. The van der Waals surface area contributed by atoms with Crippen LogP contribution in [0, 0.1) is 0 Å². The molecule has 1 atom stereocenters. The predicted octanol–water partition coefficient (Wildman–Crippen LogP) is 3.86. The first kappa shape index (κ1) is 20.9. The first-order valence-electron chi connectivity index (χ1n) is 8.68. The number of nitrogens with one attached hydrogen (secondary N) is 1. The molecule has 2 aromatic rings. The molecule has 0 saturated heterocycles. The van der Waals surface area contributed by atoms with Crippen molar-refractivity contribution in [3.63, 3.8) is 0 Å². The van der Waals surface area contributed by atoms with Crippen molar-refractivity contribution in [2.45, 2.75) is 30.1 Å². The average Bonchev–Trinajstić information content (AvgIpc) is 2.66. The van der Waals surface area contributed by atoms with Gasteiger partial charge in [0.1, 0.15) is 5.75 Å². The van der Waals surface area contributed by atoms with Crippen molar-refractivity contribution in [2.24, 2.45) is 0 Å². The fourth-order valence-corrected chi connectivity index (χ4v) is 4.75. The number of sulfonamides is 1. The number of hydrogen-bond acceptors (Lipinski definition) is 4. The lowest BCUT2D eigenvalue weighted by atomic mass is 9.83. The minimum atomic E-state index is -3.71. The number of fused-ring (bicyclic) bond motifs is 1. The van der Waals surface area contributed by atoms with Gasteiger partial charge in [-0.1, -0.05) is 29.3 Å². The maximum absolute atomic E-state index is 12.6. The van der Waals surface area contributed by atoms with Gasteiger partial charge >= 0.3 is 5.97 Å². The number of halogens is 2. The zero-order valence-electron chi connectivity index (χ0n) is 14.8. The summed E-state index contributed by atoms with van der Waals surface area (Å²) in [6.45, 7) is -0.142. The Morgan fingerprint density at radius 3 is 2.68 bits per heavy atom. The first-order valence-corrected chi connectivity index (χ1v) is 10.9. The van der Waals surface area contributed by atoms with Crippen LogP contribution in [0.25, 0.3) is 0 Å². The highest BCUT2D eigenvalue weighted by Crippen LogP contribution is 2.34. The van der Waals surface area contributed by atoms with E-state index in [1.165, 1.54) is 18.2 Å². The van der Waals surface area contributed by atoms with Crippen molar-refractivity contribution in [1.29, 1.82) is 0 Å². The number of aryl methyl sites for hydroxylation is 1. The molecule has 0 fully saturated rings. The highest BCUT2D eigenvalue weighted by Gasteiger charge is 2.24. The van der Waals surface area contributed by atoms with E-state index < -0.39 is 22.6 Å². The van der Waals surface area contributed by atoms with Crippen molar-refractivity contribution in [1.82, 2.24) is 4.72 Å². The van der Waals surface area contributed by atoms with E-state index in [0.717, 1.165) is 30.4 Å². The molecule has 0 amide bonds. The topological polar surface area (TPSA) is 92.7 Å². The summed E-state index contributed by atoms with van der Waals surface area (Å²) in [4.78, 5) is 10.7. The molecule has 0 radical (unpaired) electrons. The van der Waals surface area contributed by atoms with Crippen LogP contribution in [0.3, 0.4) is 0 Å². The van der Waals surface area contributed by atoms with Crippen molar-refractivity contribution in [3.05, 3.63) is 57.6 Å². The molecule has 1 aliphatic carbocycles. The molecule has 1 aliphatic rings. The van der Waals surface area contributed by atoms with Gasteiger partial charge in [-0.05, 0) is 66.6 Å². The number of carboxylic acid groups (broad SMARTS) is 1. The van der Waals surface area contributed by atoms with E-state index in [9.17, 15) is 13.2 Å². The predicted molar refractivity (Wildman–Crippen MR) is 107 cm³/mol. The number of hydrogen-bond donors (Lipinski definition) is 2. The largest absolute Gasteiger partial charge is 0.482 e. The van der Waals surface area contributed by atoms with Crippen LogP contribution in [0.2, 0.25) is 10.0 Å². The Kier molecular flexibility index (Phi) is 6.50. The van der Waals surface area contributed by atoms with Gasteiger partial charge in [-0.2, -0.15) is 0 Å². The lowest BCUT2D eigenvalue weighted by Gasteiger charge is -2.26. The zero-order chi connectivity index (χ0) is 20.3. The van der Waals surface area contributed by atoms with Crippen molar-refractivity contribution >= 4 is 39.2 Å². The summed E-state index contributed by atoms with van der Waals surface area (Å²) in [5.41, 5.74) is 2.10. The van der Waals surface area contributed by atoms with Crippen LogP contribution in [0.1, 0.15) is 29.9 Å². The lowest BCUT2D eigenvalue weighted by molar-refractivity contribution is -0.139. The summed E-state index contributed by atoms with van der Waals surface area (Å²) < 4.78 is 33.0. The van der Waals surface area contributed by atoms with E-state index in [0.29, 0.717) is 10.8 Å². The van der Waals surface area contributed by atoms with Gasteiger partial charge in [0.25, 0.3) is 0 Å². The smallest absolute Gasteiger partial charge is 0.341 e. The van der Waals surface area contributed by atoms with E-state index in [1.807, 2.05) is 12.1 Å². The number of carboxylic acids is 1. The molecule has 0 aromatic heterocycles. The monoisotopic (exact) mass is 443 g/mol. The molecule has 2 aromatic carbocycles. The minimum absolute atomic E-state index is 0.0230. The highest BCUT2D eigenvalue weighted by molar-refractivity contribution is 7.89. The number of rotatable bonds is 7. The second-order valence-electron chi connectivity index (χ2n) is 6.56. The van der Waals surface area contributed by atoms with Crippen molar-refractivity contribution < 1.29 is 23.1 Å². The molecule has 0 heterocycles. The molecular formula is C19H19Cl2NO5S. The number of aliphatic carboxylic acids is 1. The molecule has 1 unspecified atom stereocenters. The van der Waals surface area contributed by atoms with E-state index in [1.54, 1.807) is 6.07 Å². The molecule has 0 aliphatic heterocycles. The third kappa shape index (κ3) is 4.97. The molecule has 150 valence electrons. The molecule has 9 heteroatoms. The first-order chi connectivity index (χ1) is 13.3. The Hall–Kier alpha value is -1.80. The van der Waals surface area contributed by atoms with E-state index >= 15 is 0 Å². The fraction of sp³-hybridized carbons (Fsp3) is 0.316. The number of ether oxygens (including phenoxy) is 1. The van der Waals surface area contributed by atoms with Crippen LogP contribution < -0.4 is 9.46 Å². The van der Waals surface area contributed by atoms with Gasteiger partial charge in [0.15, 0.2) is 6.61 Å². The van der Waals surface area contributed by atoms with Crippen molar-refractivity contribution in [2.75, 3.05) is 13.2 Å². The molecule has 3 rings (SSSR count). The summed E-state index contributed by atoms with van der Waals surface area (Å²) in [6.07, 6.45) is 2.61. The summed E-state index contributed by atoms with van der Waals surface area (Å²) in [7, 11) is -3.71. The normalized spacial score (nSPS) is 16.4. The maximum Gasteiger partial charge on any atom is 0.341 e. The van der Waals surface area contributed by atoms with Gasteiger partial charge in [-0.25, -0.2) is 17.9 Å². The quantitative estimate of drug-likeness (QED) is 0.677. The van der Waals surface area contributed by atoms with Gasteiger partial charge in [0.2, 0.25) is 10.0 Å². The van der Waals surface area contributed by atoms with E-state index in [-0.39, 0.29) is 22.4 Å². The van der Waals surface area contributed by atoms with Crippen LogP contribution >= 0.6 is 23.2 Å². The van der Waals surface area contributed by atoms with Crippen molar-refractivity contribution in [3.8, 4) is 5.75 Å². The summed E-state index contributed by atoms with van der Waals surface area (Å²) >= 11 is 11.8. The lowest BCUT2D eigenvalue weighted by Crippen LogP contribution is -2.30. The van der Waals surface area contributed by atoms with Crippen LogP contribution in [-0.2, 0) is 21.2 Å². The van der Waals surface area contributed by atoms with Gasteiger partial charge in [0.05, 0.1) is 14.9 Å². The second kappa shape index (κ2) is 8.69. The van der Waals surface area contributed by atoms with Crippen LogP contribution in [0.4, 0.5) is 0 Å². The standard InChI is InChI=1S/C19H19Cl2NO5S/c20-17-7-5-15(9-18(17)21)28(25,26)22-10-13-3-1-2-12-8-14(4-6-16(12)13)27-11-19(23)24/h4-9,13,22H,1-3,10-11H2,(H,23,24). The molecule has 0 bridgehead atoms. The minimum Gasteiger partial charge on any atom is -0.482 e. The maximum atomic E-state index is 12.6. The Labute approximate surface area is 173 Å². The summed E-state index contributed by atoms with van der Waals surface area (Å²) in [6, 6.07) is 9.62. The van der Waals surface area contributed by atoms with Crippen LogP contribution in [0.5, 0.6) is 5.75 Å². The molecule has 0 saturated carbocycles. The molecule has 6 nitrogen and oxygen atoms in total. The highest BCUT2D eigenvalue weighted by atomic mass is 35.5. The number of benzene rings is 2. The third-order valence-electron chi connectivity index (χ3n) is 4.64. The molecular weight excluding hydrogens is 425 g/mol. The SMILES string of the molecule is O=C(O)COc1ccc2c(c1)CCCC2CNS(=O)(=O)c1ccc(Cl)c(Cl)c1. The van der Waals surface area contributed by atoms with Gasteiger partial charge < -0.3 is 9.84 Å². The van der Waals surface area contributed by atoms with E-state index in [4.69, 9.17) is 33.0 Å². The summed E-state index contributed by atoms with van der Waals surface area (Å²) in [5, 5.41) is 9.20. The van der Waals surface area contributed by atoms with Crippen LogP contribution in [0.15, 0.2) is 41.3 Å². The Balaban J connectivity index is 1.72. The Morgan fingerprint density at radius 2 is 1.96 bits per heavy atom.